The molecule has 5 heteroatoms. The molecule has 1 heterocycles. The summed E-state index contributed by atoms with van der Waals surface area (Å²) >= 11 is 0. The number of halogens is 2. The van der Waals surface area contributed by atoms with Gasteiger partial charge in [0.2, 0.25) is 0 Å². The Bertz CT molecular complexity index is 508. The predicted molar refractivity (Wildman–Crippen MR) is 61.3 cm³/mol. The van der Waals surface area contributed by atoms with Gasteiger partial charge in [0, 0.05) is 5.56 Å². The van der Waals surface area contributed by atoms with Gasteiger partial charge in [0.25, 0.3) is 0 Å². The first kappa shape index (κ1) is 11.7. The SMILES string of the molecule is CCNCc1ncc(-c2cc(F)ccc2F)[nH]1. The topological polar surface area (TPSA) is 40.7 Å². The normalized spacial score (nSPS) is 10.8. The zero-order valence-corrected chi connectivity index (χ0v) is 9.43. The number of nitrogens with zero attached hydrogens (tertiary/aromatic N) is 1. The molecule has 0 radical (unpaired) electrons. The Morgan fingerprint density at radius 3 is 2.94 bits per heavy atom. The van der Waals surface area contributed by atoms with E-state index in [4.69, 9.17) is 0 Å². The van der Waals surface area contributed by atoms with Crippen LogP contribution in [0.2, 0.25) is 0 Å². The summed E-state index contributed by atoms with van der Waals surface area (Å²) in [7, 11) is 0. The van der Waals surface area contributed by atoms with Crippen molar-refractivity contribution in [1.29, 1.82) is 0 Å². The van der Waals surface area contributed by atoms with Crippen molar-refractivity contribution in [2.24, 2.45) is 0 Å². The summed E-state index contributed by atoms with van der Waals surface area (Å²) in [6.07, 6.45) is 1.50. The van der Waals surface area contributed by atoms with Crippen molar-refractivity contribution in [3.8, 4) is 11.3 Å². The van der Waals surface area contributed by atoms with Gasteiger partial charge in [-0.25, -0.2) is 13.8 Å². The molecule has 2 N–H and O–H groups in total. The van der Waals surface area contributed by atoms with Crippen molar-refractivity contribution in [3.63, 3.8) is 0 Å². The predicted octanol–water partition coefficient (Wildman–Crippen LogP) is 2.46. The van der Waals surface area contributed by atoms with Crippen LogP contribution >= 0.6 is 0 Å². The molecule has 0 saturated heterocycles. The molecule has 0 amide bonds. The molecular formula is C12H13F2N3. The molecule has 1 aromatic heterocycles. The number of aromatic nitrogens is 2. The molecule has 0 aliphatic rings. The van der Waals surface area contributed by atoms with Crippen LogP contribution in [-0.4, -0.2) is 16.5 Å². The Kier molecular flexibility index (Phi) is 3.49. The molecular weight excluding hydrogens is 224 g/mol. The van der Waals surface area contributed by atoms with E-state index in [0.29, 0.717) is 18.1 Å². The zero-order valence-electron chi connectivity index (χ0n) is 9.43. The average Bonchev–Trinajstić information content (AvgIpc) is 2.78. The van der Waals surface area contributed by atoms with Crippen LogP contribution in [-0.2, 0) is 6.54 Å². The molecule has 3 nitrogen and oxygen atoms in total. The molecule has 0 unspecified atom stereocenters. The van der Waals surface area contributed by atoms with Crippen LogP contribution < -0.4 is 5.32 Å². The van der Waals surface area contributed by atoms with E-state index >= 15 is 0 Å². The second kappa shape index (κ2) is 5.05. The molecule has 0 aliphatic heterocycles. The van der Waals surface area contributed by atoms with Crippen molar-refractivity contribution in [3.05, 3.63) is 41.9 Å². The number of aromatic amines is 1. The largest absolute Gasteiger partial charge is 0.341 e. The first-order valence-corrected chi connectivity index (χ1v) is 5.40. The average molecular weight is 237 g/mol. The molecule has 90 valence electrons. The monoisotopic (exact) mass is 237 g/mol. The van der Waals surface area contributed by atoms with E-state index in [2.05, 4.69) is 15.3 Å². The fourth-order valence-electron chi connectivity index (χ4n) is 1.54. The van der Waals surface area contributed by atoms with Gasteiger partial charge in [-0.05, 0) is 24.7 Å². The highest BCUT2D eigenvalue weighted by Gasteiger charge is 2.09. The fourth-order valence-corrected chi connectivity index (χ4v) is 1.54. The number of hydrogen-bond acceptors (Lipinski definition) is 2. The summed E-state index contributed by atoms with van der Waals surface area (Å²) in [4.78, 5) is 7.05. The minimum absolute atomic E-state index is 0.195. The van der Waals surface area contributed by atoms with E-state index in [1.165, 1.54) is 6.20 Å². The molecule has 17 heavy (non-hydrogen) atoms. The van der Waals surface area contributed by atoms with Gasteiger partial charge in [0.05, 0.1) is 18.4 Å². The van der Waals surface area contributed by atoms with Gasteiger partial charge in [0.15, 0.2) is 0 Å². The lowest BCUT2D eigenvalue weighted by molar-refractivity contribution is 0.602. The van der Waals surface area contributed by atoms with Crippen LogP contribution in [0.5, 0.6) is 0 Å². The zero-order chi connectivity index (χ0) is 12.3. The van der Waals surface area contributed by atoms with E-state index in [0.717, 1.165) is 24.7 Å². The van der Waals surface area contributed by atoms with Gasteiger partial charge < -0.3 is 10.3 Å². The van der Waals surface area contributed by atoms with E-state index in [9.17, 15) is 8.78 Å². The Morgan fingerprint density at radius 2 is 2.18 bits per heavy atom. The van der Waals surface area contributed by atoms with Crippen LogP contribution in [0.15, 0.2) is 24.4 Å². The Balaban J connectivity index is 2.27. The fraction of sp³-hybridized carbons (Fsp3) is 0.250. The summed E-state index contributed by atoms with van der Waals surface area (Å²) in [5, 5.41) is 3.09. The van der Waals surface area contributed by atoms with Crippen LogP contribution in [0.25, 0.3) is 11.3 Å². The lowest BCUT2D eigenvalue weighted by Gasteiger charge is -2.00. The molecule has 0 aliphatic carbocycles. The second-order valence-electron chi connectivity index (χ2n) is 3.65. The Morgan fingerprint density at radius 1 is 1.35 bits per heavy atom. The first-order valence-electron chi connectivity index (χ1n) is 5.40. The van der Waals surface area contributed by atoms with Gasteiger partial charge in [-0.3, -0.25) is 0 Å². The van der Waals surface area contributed by atoms with Crippen LogP contribution in [0.1, 0.15) is 12.7 Å². The smallest absolute Gasteiger partial charge is 0.132 e. The lowest BCUT2D eigenvalue weighted by atomic mass is 10.1. The highest BCUT2D eigenvalue weighted by atomic mass is 19.1. The minimum Gasteiger partial charge on any atom is -0.341 e. The molecule has 0 atom stereocenters. The number of hydrogen-bond donors (Lipinski definition) is 2. The molecule has 1 aromatic carbocycles. The quantitative estimate of drug-likeness (QED) is 0.857. The Hall–Kier alpha value is -1.75. The standard InChI is InChI=1S/C12H13F2N3/c1-2-15-7-12-16-6-11(17-12)9-5-8(13)3-4-10(9)14/h3-6,15H,2,7H2,1H3,(H,16,17). The summed E-state index contributed by atoms with van der Waals surface area (Å²) in [6.45, 7) is 3.38. The molecule has 0 fully saturated rings. The third-order valence-corrected chi connectivity index (χ3v) is 2.39. The molecule has 2 aromatic rings. The van der Waals surface area contributed by atoms with Crippen LogP contribution in [0.4, 0.5) is 8.78 Å². The van der Waals surface area contributed by atoms with Crippen molar-refractivity contribution < 1.29 is 8.78 Å². The van der Waals surface area contributed by atoms with Gasteiger partial charge >= 0.3 is 0 Å². The maximum atomic E-state index is 13.5. The van der Waals surface area contributed by atoms with E-state index < -0.39 is 11.6 Å². The number of H-pyrrole nitrogens is 1. The highest BCUT2D eigenvalue weighted by molar-refractivity contribution is 5.59. The van der Waals surface area contributed by atoms with Crippen LogP contribution in [0.3, 0.4) is 0 Å². The van der Waals surface area contributed by atoms with Crippen molar-refractivity contribution >= 4 is 0 Å². The molecule has 2 rings (SSSR count). The maximum Gasteiger partial charge on any atom is 0.132 e. The molecule has 0 saturated carbocycles. The molecule has 0 spiro atoms. The Labute approximate surface area is 97.9 Å². The number of rotatable bonds is 4. The van der Waals surface area contributed by atoms with E-state index in [1.54, 1.807) is 0 Å². The minimum atomic E-state index is -0.468. The number of benzene rings is 1. The van der Waals surface area contributed by atoms with Crippen molar-refractivity contribution in [1.82, 2.24) is 15.3 Å². The lowest BCUT2D eigenvalue weighted by Crippen LogP contribution is -2.12. The maximum absolute atomic E-state index is 13.5. The van der Waals surface area contributed by atoms with E-state index in [-0.39, 0.29) is 5.56 Å². The summed E-state index contributed by atoms with van der Waals surface area (Å²) < 4.78 is 26.5. The van der Waals surface area contributed by atoms with Crippen molar-refractivity contribution in [2.75, 3.05) is 6.54 Å². The summed E-state index contributed by atoms with van der Waals surface area (Å²) in [5.74, 6) is -0.236. The summed E-state index contributed by atoms with van der Waals surface area (Å²) in [6, 6.07) is 3.35. The second-order valence-corrected chi connectivity index (χ2v) is 3.65. The van der Waals surface area contributed by atoms with Gasteiger partial charge in [-0.2, -0.15) is 0 Å². The summed E-state index contributed by atoms with van der Waals surface area (Å²) in [5.41, 5.74) is 0.676. The van der Waals surface area contributed by atoms with Crippen LogP contribution in [0, 0.1) is 11.6 Å². The number of nitrogens with one attached hydrogen (secondary N) is 2. The van der Waals surface area contributed by atoms with Gasteiger partial charge in [-0.15, -0.1) is 0 Å². The molecule has 0 bridgehead atoms. The van der Waals surface area contributed by atoms with Gasteiger partial charge in [0.1, 0.15) is 17.5 Å². The number of imidazole rings is 1. The third kappa shape index (κ3) is 2.68. The third-order valence-electron chi connectivity index (χ3n) is 2.39. The first-order chi connectivity index (χ1) is 8.20. The van der Waals surface area contributed by atoms with Gasteiger partial charge in [-0.1, -0.05) is 6.92 Å². The van der Waals surface area contributed by atoms with Crippen molar-refractivity contribution in [2.45, 2.75) is 13.5 Å². The highest BCUT2D eigenvalue weighted by Crippen LogP contribution is 2.21. The van der Waals surface area contributed by atoms with E-state index in [1.807, 2.05) is 6.92 Å².